The van der Waals surface area contributed by atoms with Crippen LogP contribution in [0.25, 0.3) is 5.57 Å². The topological polar surface area (TPSA) is 39.7 Å². The average molecular weight is 404 g/mol. The molecule has 0 bridgehead atoms. The summed E-state index contributed by atoms with van der Waals surface area (Å²) >= 11 is 0. The molecule has 0 saturated heterocycles. The van der Waals surface area contributed by atoms with E-state index in [0.29, 0.717) is 0 Å². The maximum Gasteiger partial charge on any atom is 0.161 e. The lowest BCUT2D eigenvalue weighted by molar-refractivity contribution is 0.352. The number of rotatable bonds is 6. The molecule has 156 valence electrons. The predicted octanol–water partition coefficient (Wildman–Crippen LogP) is 5.26. The van der Waals surface area contributed by atoms with E-state index >= 15 is 0 Å². The largest absolute Gasteiger partial charge is 0.497 e. The van der Waals surface area contributed by atoms with Crippen LogP contribution in [0.15, 0.2) is 66.3 Å². The van der Waals surface area contributed by atoms with Gasteiger partial charge in [0.2, 0.25) is 0 Å². The van der Waals surface area contributed by atoms with E-state index < -0.39 is 0 Å². The van der Waals surface area contributed by atoms with Crippen LogP contribution in [0.5, 0.6) is 17.2 Å². The van der Waals surface area contributed by atoms with E-state index in [-0.39, 0.29) is 6.04 Å². The summed E-state index contributed by atoms with van der Waals surface area (Å²) in [5.74, 6) is 2.47. The van der Waals surface area contributed by atoms with Gasteiger partial charge in [-0.3, -0.25) is 0 Å². The first-order valence-corrected chi connectivity index (χ1v) is 10.4. The zero-order valence-corrected chi connectivity index (χ0v) is 17.9. The molecule has 4 nitrogen and oxygen atoms in total. The number of benzene rings is 2. The Morgan fingerprint density at radius 3 is 2.57 bits per heavy atom. The first-order chi connectivity index (χ1) is 14.7. The fourth-order valence-corrected chi connectivity index (χ4v) is 4.22. The number of fused-ring (bicyclic) bond motifs is 1. The van der Waals surface area contributed by atoms with Gasteiger partial charge in [-0.1, -0.05) is 36.4 Å². The van der Waals surface area contributed by atoms with E-state index in [1.807, 2.05) is 12.1 Å². The van der Waals surface area contributed by atoms with Crippen LogP contribution >= 0.6 is 0 Å². The van der Waals surface area contributed by atoms with Crippen molar-refractivity contribution in [1.82, 2.24) is 5.32 Å². The highest BCUT2D eigenvalue weighted by Crippen LogP contribution is 2.37. The molecular weight excluding hydrogens is 374 g/mol. The van der Waals surface area contributed by atoms with Gasteiger partial charge in [-0.25, -0.2) is 0 Å². The summed E-state index contributed by atoms with van der Waals surface area (Å²) < 4.78 is 16.4. The van der Waals surface area contributed by atoms with E-state index in [2.05, 4.69) is 53.9 Å². The highest BCUT2D eigenvalue weighted by Gasteiger charge is 2.23. The zero-order valence-electron chi connectivity index (χ0n) is 17.9. The SMILES string of the molecule is COc1cccc(C2=CCC=C(CC3NCCc4cc(OC)c(OC)cc43)C=C2)c1. The second-order valence-corrected chi connectivity index (χ2v) is 7.61. The van der Waals surface area contributed by atoms with Gasteiger partial charge >= 0.3 is 0 Å². The van der Waals surface area contributed by atoms with Crippen molar-refractivity contribution in [3.8, 4) is 17.2 Å². The van der Waals surface area contributed by atoms with Gasteiger partial charge in [0.15, 0.2) is 11.5 Å². The molecule has 1 aliphatic heterocycles. The number of ether oxygens (including phenoxy) is 3. The van der Waals surface area contributed by atoms with Crippen LogP contribution in [0.1, 0.15) is 35.6 Å². The molecule has 1 heterocycles. The monoisotopic (exact) mass is 403 g/mol. The number of nitrogens with one attached hydrogen (secondary N) is 1. The van der Waals surface area contributed by atoms with Gasteiger partial charge in [-0.05, 0) is 77.9 Å². The molecule has 0 spiro atoms. The van der Waals surface area contributed by atoms with Crippen molar-refractivity contribution in [3.05, 3.63) is 83.0 Å². The molecule has 0 fully saturated rings. The van der Waals surface area contributed by atoms with Crippen molar-refractivity contribution in [3.63, 3.8) is 0 Å². The van der Waals surface area contributed by atoms with Crippen molar-refractivity contribution >= 4 is 5.57 Å². The summed E-state index contributed by atoms with van der Waals surface area (Å²) in [4.78, 5) is 0. The van der Waals surface area contributed by atoms with Crippen molar-refractivity contribution in [2.45, 2.75) is 25.3 Å². The Morgan fingerprint density at radius 1 is 0.933 bits per heavy atom. The van der Waals surface area contributed by atoms with Crippen LogP contribution < -0.4 is 19.5 Å². The van der Waals surface area contributed by atoms with E-state index in [9.17, 15) is 0 Å². The Kier molecular flexibility index (Phi) is 6.24. The predicted molar refractivity (Wildman–Crippen MR) is 121 cm³/mol. The summed E-state index contributed by atoms with van der Waals surface area (Å²) in [7, 11) is 5.09. The average Bonchev–Trinajstić information content (AvgIpc) is 3.04. The Morgan fingerprint density at radius 2 is 1.77 bits per heavy atom. The Labute approximate surface area is 178 Å². The molecule has 0 radical (unpaired) electrons. The van der Waals surface area contributed by atoms with E-state index in [1.165, 1.54) is 27.8 Å². The molecule has 30 heavy (non-hydrogen) atoms. The molecule has 4 heteroatoms. The zero-order chi connectivity index (χ0) is 20.9. The maximum atomic E-state index is 5.54. The molecule has 4 rings (SSSR count). The second-order valence-electron chi connectivity index (χ2n) is 7.61. The molecule has 0 amide bonds. The third kappa shape index (κ3) is 4.29. The summed E-state index contributed by atoms with van der Waals surface area (Å²) in [5.41, 5.74) is 6.38. The van der Waals surface area contributed by atoms with E-state index in [0.717, 1.165) is 43.1 Å². The first kappa shape index (κ1) is 20.3. The summed E-state index contributed by atoms with van der Waals surface area (Å²) in [6.07, 6.45) is 11.9. The lowest BCUT2D eigenvalue weighted by Crippen LogP contribution is -2.30. The van der Waals surface area contributed by atoms with Gasteiger partial charge in [0.1, 0.15) is 5.75 Å². The van der Waals surface area contributed by atoms with Crippen LogP contribution in [-0.4, -0.2) is 27.9 Å². The molecule has 1 unspecified atom stereocenters. The third-order valence-corrected chi connectivity index (χ3v) is 5.84. The highest BCUT2D eigenvalue weighted by molar-refractivity contribution is 5.76. The molecule has 0 saturated carbocycles. The lowest BCUT2D eigenvalue weighted by atomic mass is 9.89. The molecular formula is C26H29NO3. The van der Waals surface area contributed by atoms with Gasteiger partial charge in [0, 0.05) is 6.04 Å². The van der Waals surface area contributed by atoms with Crippen LogP contribution in [0.2, 0.25) is 0 Å². The molecule has 2 aromatic rings. The Balaban J connectivity index is 1.53. The quantitative estimate of drug-likeness (QED) is 0.714. The normalized spacial score (nSPS) is 18.0. The molecule has 2 aromatic carbocycles. The van der Waals surface area contributed by atoms with Crippen molar-refractivity contribution < 1.29 is 14.2 Å². The molecule has 2 aliphatic rings. The van der Waals surface area contributed by atoms with Crippen LogP contribution in [0.3, 0.4) is 0 Å². The number of allylic oxidation sites excluding steroid dienone is 5. The van der Waals surface area contributed by atoms with Crippen molar-refractivity contribution in [2.75, 3.05) is 27.9 Å². The number of methoxy groups -OCH3 is 3. The van der Waals surface area contributed by atoms with E-state index in [4.69, 9.17) is 14.2 Å². The maximum absolute atomic E-state index is 5.54. The Hall–Kier alpha value is -2.98. The summed E-state index contributed by atoms with van der Waals surface area (Å²) in [6.45, 7) is 0.970. The third-order valence-electron chi connectivity index (χ3n) is 5.84. The minimum Gasteiger partial charge on any atom is -0.497 e. The van der Waals surface area contributed by atoms with Crippen molar-refractivity contribution in [2.24, 2.45) is 0 Å². The fraction of sp³-hybridized carbons (Fsp3) is 0.308. The second kappa shape index (κ2) is 9.23. The van der Waals surface area contributed by atoms with Gasteiger partial charge in [0.05, 0.1) is 21.3 Å². The smallest absolute Gasteiger partial charge is 0.161 e. The van der Waals surface area contributed by atoms with Crippen molar-refractivity contribution in [1.29, 1.82) is 0 Å². The molecule has 1 aliphatic carbocycles. The first-order valence-electron chi connectivity index (χ1n) is 10.4. The highest BCUT2D eigenvalue weighted by atomic mass is 16.5. The molecule has 0 aromatic heterocycles. The number of hydrogen-bond acceptors (Lipinski definition) is 4. The van der Waals surface area contributed by atoms with Crippen LogP contribution in [0.4, 0.5) is 0 Å². The standard InChI is InChI=1S/C26H29NO3/c1-28-22-9-5-8-20(15-22)19-7-4-6-18(10-11-19)14-24-23-17-26(30-3)25(29-2)16-21(23)12-13-27-24/h5-11,15-17,24,27H,4,12-14H2,1-3H3. The summed E-state index contributed by atoms with van der Waals surface area (Å²) in [5, 5.41) is 3.69. The molecule has 1 N–H and O–H groups in total. The van der Waals surface area contributed by atoms with Gasteiger partial charge in [-0.15, -0.1) is 0 Å². The lowest BCUT2D eigenvalue weighted by Gasteiger charge is -2.28. The van der Waals surface area contributed by atoms with Crippen LogP contribution in [-0.2, 0) is 6.42 Å². The Bertz CT molecular complexity index is 1000. The van der Waals surface area contributed by atoms with Gasteiger partial charge < -0.3 is 19.5 Å². The minimum absolute atomic E-state index is 0.267. The van der Waals surface area contributed by atoms with Gasteiger partial charge in [-0.2, -0.15) is 0 Å². The minimum atomic E-state index is 0.267. The van der Waals surface area contributed by atoms with Crippen LogP contribution in [0, 0.1) is 0 Å². The number of hydrogen-bond donors (Lipinski definition) is 1. The van der Waals surface area contributed by atoms with Gasteiger partial charge in [0.25, 0.3) is 0 Å². The molecule has 1 atom stereocenters. The fourth-order valence-electron chi connectivity index (χ4n) is 4.22. The summed E-state index contributed by atoms with van der Waals surface area (Å²) in [6, 6.07) is 12.7. The van der Waals surface area contributed by atoms with E-state index in [1.54, 1.807) is 21.3 Å².